The number of nitrogens with zero attached hydrogens (tertiary/aromatic N) is 4. The minimum Gasteiger partial charge on any atom is -0.366 e. The summed E-state index contributed by atoms with van der Waals surface area (Å²) < 4.78 is 51.9. The maximum atomic E-state index is 12.4. The van der Waals surface area contributed by atoms with Gasteiger partial charge in [0.05, 0.1) is 40.4 Å². The van der Waals surface area contributed by atoms with E-state index in [0.29, 0.717) is 39.0 Å². The molecule has 2 saturated heterocycles. The van der Waals surface area contributed by atoms with Gasteiger partial charge in [-0.2, -0.15) is 9.40 Å². The van der Waals surface area contributed by atoms with Gasteiger partial charge in [0, 0.05) is 26.2 Å². The molecule has 1 aromatic heterocycles. The van der Waals surface area contributed by atoms with Gasteiger partial charge in [0.15, 0.2) is 9.84 Å². The smallest absolute Gasteiger partial charge is 0.214 e. The van der Waals surface area contributed by atoms with Crippen molar-refractivity contribution < 1.29 is 16.8 Å². The number of aryl methyl sites for hydroxylation is 1. The van der Waals surface area contributed by atoms with Gasteiger partial charge >= 0.3 is 0 Å². The van der Waals surface area contributed by atoms with Crippen molar-refractivity contribution in [2.24, 2.45) is 0 Å². The number of sulfone groups is 1. The van der Waals surface area contributed by atoms with Gasteiger partial charge < -0.3 is 4.90 Å². The lowest BCUT2D eigenvalue weighted by Gasteiger charge is -2.35. The molecule has 154 valence electrons. The lowest BCUT2D eigenvalue weighted by molar-refractivity contribution is 0.383. The molecule has 2 fully saturated rings. The van der Waals surface area contributed by atoms with Gasteiger partial charge in [-0.1, -0.05) is 13.3 Å². The third-order valence-electron chi connectivity index (χ3n) is 5.55. The van der Waals surface area contributed by atoms with Crippen LogP contribution in [0.15, 0.2) is 0 Å². The lowest BCUT2D eigenvalue weighted by Crippen LogP contribution is -2.49. The van der Waals surface area contributed by atoms with E-state index in [2.05, 4.69) is 10.00 Å². The highest BCUT2D eigenvalue weighted by Crippen LogP contribution is 2.31. The van der Waals surface area contributed by atoms with Gasteiger partial charge in [-0.05, 0) is 26.7 Å². The number of hydrogen-bond donors (Lipinski definition) is 0. The molecule has 2 aliphatic heterocycles. The maximum Gasteiger partial charge on any atom is 0.214 e. The van der Waals surface area contributed by atoms with Gasteiger partial charge in [-0.3, -0.25) is 4.68 Å². The summed E-state index contributed by atoms with van der Waals surface area (Å²) in [5.74, 6) is 0.590. The lowest BCUT2D eigenvalue weighted by atomic mass is 10.2. The summed E-state index contributed by atoms with van der Waals surface area (Å²) >= 11 is 0. The second-order valence-electron chi connectivity index (χ2n) is 7.58. The second kappa shape index (κ2) is 7.71. The molecule has 8 nitrogen and oxygen atoms in total. The van der Waals surface area contributed by atoms with E-state index in [-0.39, 0.29) is 23.3 Å². The van der Waals surface area contributed by atoms with E-state index >= 15 is 0 Å². The van der Waals surface area contributed by atoms with Crippen LogP contribution in [0.5, 0.6) is 0 Å². The van der Waals surface area contributed by atoms with Crippen LogP contribution in [-0.4, -0.2) is 74.4 Å². The van der Waals surface area contributed by atoms with E-state index in [9.17, 15) is 16.8 Å². The van der Waals surface area contributed by atoms with Crippen LogP contribution in [0.2, 0.25) is 0 Å². The third-order valence-corrected chi connectivity index (χ3v) is 9.25. The first-order valence-electron chi connectivity index (χ1n) is 9.63. The Morgan fingerprint density at radius 3 is 2.37 bits per heavy atom. The van der Waals surface area contributed by atoms with Crippen molar-refractivity contribution in [3.63, 3.8) is 0 Å². The Labute approximate surface area is 162 Å². The van der Waals surface area contributed by atoms with Gasteiger partial charge in [0.25, 0.3) is 0 Å². The quantitative estimate of drug-likeness (QED) is 0.687. The average molecular weight is 419 g/mol. The molecule has 0 spiro atoms. The van der Waals surface area contributed by atoms with Crippen LogP contribution in [0.1, 0.15) is 43.6 Å². The molecule has 3 rings (SSSR count). The van der Waals surface area contributed by atoms with Gasteiger partial charge in [0.2, 0.25) is 10.0 Å². The number of sulfonamides is 1. The number of hydrogen-bond acceptors (Lipinski definition) is 6. The zero-order valence-corrected chi connectivity index (χ0v) is 18.0. The third kappa shape index (κ3) is 4.32. The predicted molar refractivity (Wildman–Crippen MR) is 106 cm³/mol. The molecular weight excluding hydrogens is 388 g/mol. The SMILES string of the molecule is CCCCS(=O)(=O)N1CCN(c2c(C)nn(C3CCS(=O)(=O)C3)c2C)CC1. The minimum atomic E-state index is -3.17. The molecule has 10 heteroatoms. The first-order chi connectivity index (χ1) is 12.6. The van der Waals surface area contributed by atoms with E-state index in [1.807, 2.05) is 25.5 Å². The molecule has 0 saturated carbocycles. The van der Waals surface area contributed by atoms with Crippen molar-refractivity contribution in [2.75, 3.05) is 48.3 Å². The summed E-state index contributed by atoms with van der Waals surface area (Å²) in [6, 6.07) is -0.0989. The Hall–Kier alpha value is -1.13. The molecule has 0 aliphatic carbocycles. The van der Waals surface area contributed by atoms with Crippen LogP contribution >= 0.6 is 0 Å². The second-order valence-corrected chi connectivity index (χ2v) is 11.9. The van der Waals surface area contributed by atoms with Crippen LogP contribution in [0, 0.1) is 13.8 Å². The first-order valence-corrected chi connectivity index (χ1v) is 13.1. The topological polar surface area (TPSA) is 92.6 Å². The van der Waals surface area contributed by atoms with E-state index in [1.165, 1.54) is 0 Å². The molecule has 1 aromatic rings. The Balaban J connectivity index is 1.72. The summed E-state index contributed by atoms with van der Waals surface area (Å²) in [7, 11) is -6.14. The zero-order chi connectivity index (χ0) is 19.8. The van der Waals surface area contributed by atoms with Crippen LogP contribution in [0.3, 0.4) is 0 Å². The molecule has 1 atom stereocenters. The molecule has 2 aliphatic rings. The van der Waals surface area contributed by atoms with E-state index < -0.39 is 19.9 Å². The number of aromatic nitrogens is 2. The molecule has 0 N–H and O–H groups in total. The van der Waals surface area contributed by atoms with Crippen LogP contribution in [0.25, 0.3) is 0 Å². The highest BCUT2D eigenvalue weighted by Gasteiger charge is 2.33. The van der Waals surface area contributed by atoms with Crippen LogP contribution < -0.4 is 4.90 Å². The normalized spacial score (nSPS) is 23.8. The highest BCUT2D eigenvalue weighted by atomic mass is 32.2. The standard InChI is InChI=1S/C17H30N4O4S2/c1-4-5-11-27(24,25)20-9-7-19(8-10-20)17-14(2)18-21(15(17)3)16-6-12-26(22,23)13-16/h16H,4-13H2,1-3H3. The zero-order valence-electron chi connectivity index (χ0n) is 16.4. The Morgan fingerprint density at radius 1 is 1.15 bits per heavy atom. The summed E-state index contributed by atoms with van der Waals surface area (Å²) in [4.78, 5) is 2.18. The fourth-order valence-corrected chi connectivity index (χ4v) is 7.40. The fraction of sp³-hybridized carbons (Fsp3) is 0.824. The monoisotopic (exact) mass is 418 g/mol. The number of rotatable bonds is 6. The number of anilines is 1. The molecular formula is C17H30N4O4S2. The van der Waals surface area contributed by atoms with Crippen LogP contribution in [0.4, 0.5) is 5.69 Å². The van der Waals surface area contributed by atoms with E-state index in [4.69, 9.17) is 0 Å². The summed E-state index contributed by atoms with van der Waals surface area (Å²) in [6.07, 6.45) is 2.17. The van der Waals surface area contributed by atoms with Crippen LogP contribution in [-0.2, 0) is 19.9 Å². The molecule has 27 heavy (non-hydrogen) atoms. The van der Waals surface area contributed by atoms with Gasteiger partial charge in [-0.15, -0.1) is 0 Å². The fourth-order valence-electron chi connectivity index (χ4n) is 4.08. The predicted octanol–water partition coefficient (Wildman–Crippen LogP) is 1.11. The average Bonchev–Trinajstić information content (AvgIpc) is 3.12. The Kier molecular flexibility index (Phi) is 5.88. The van der Waals surface area contributed by atoms with Crippen molar-refractivity contribution in [1.82, 2.24) is 14.1 Å². The Morgan fingerprint density at radius 2 is 1.81 bits per heavy atom. The first kappa shape index (κ1) is 20.6. The summed E-state index contributed by atoms with van der Waals surface area (Å²) in [5.41, 5.74) is 2.86. The highest BCUT2D eigenvalue weighted by molar-refractivity contribution is 7.91. The molecule has 1 unspecified atom stereocenters. The van der Waals surface area contributed by atoms with E-state index in [0.717, 1.165) is 23.5 Å². The van der Waals surface area contributed by atoms with Gasteiger partial charge in [-0.25, -0.2) is 16.8 Å². The number of unbranched alkanes of at least 4 members (excludes halogenated alkanes) is 1. The van der Waals surface area contributed by atoms with E-state index in [1.54, 1.807) is 4.31 Å². The molecule has 0 amide bonds. The molecule has 0 bridgehead atoms. The van der Waals surface area contributed by atoms with Crippen molar-refractivity contribution in [1.29, 1.82) is 0 Å². The van der Waals surface area contributed by atoms with Crippen molar-refractivity contribution in [3.05, 3.63) is 11.4 Å². The molecule has 0 radical (unpaired) electrons. The number of piperazine rings is 1. The van der Waals surface area contributed by atoms with Crippen molar-refractivity contribution in [3.8, 4) is 0 Å². The summed E-state index contributed by atoms with van der Waals surface area (Å²) in [5, 5.41) is 4.62. The Bertz CT molecular complexity index is 884. The van der Waals surface area contributed by atoms with Crippen molar-refractivity contribution >= 4 is 25.5 Å². The molecule has 0 aromatic carbocycles. The molecule has 3 heterocycles. The van der Waals surface area contributed by atoms with Crippen molar-refractivity contribution in [2.45, 2.75) is 46.1 Å². The van der Waals surface area contributed by atoms with Gasteiger partial charge in [0.1, 0.15) is 0 Å². The summed E-state index contributed by atoms with van der Waals surface area (Å²) in [6.45, 7) is 8.12. The minimum absolute atomic E-state index is 0.0989. The largest absolute Gasteiger partial charge is 0.366 e. The maximum absolute atomic E-state index is 12.4.